The summed E-state index contributed by atoms with van der Waals surface area (Å²) in [5.41, 5.74) is 0. The van der Waals surface area contributed by atoms with Crippen LogP contribution in [-0.2, 0) is 4.79 Å². The van der Waals surface area contributed by atoms with Crippen molar-refractivity contribution in [2.75, 3.05) is 24.6 Å². The maximum absolute atomic E-state index is 11.4. The molecule has 3 nitrogen and oxygen atoms in total. The third-order valence-corrected chi connectivity index (χ3v) is 3.52. The first kappa shape index (κ1) is 13.4. The molecule has 1 amide bonds. The quantitative estimate of drug-likeness (QED) is 0.515. The van der Waals surface area contributed by atoms with E-state index in [1.54, 1.807) is 11.8 Å². The normalized spacial score (nSPS) is 15.9. The molecule has 0 atom stereocenters. The molecule has 0 spiro atoms. The van der Waals surface area contributed by atoms with Crippen LogP contribution in [0.15, 0.2) is 0 Å². The average Bonchev–Trinajstić information content (AvgIpc) is 2.79. The second-order valence-corrected chi connectivity index (χ2v) is 5.07. The van der Waals surface area contributed by atoms with E-state index in [2.05, 4.69) is 16.6 Å². The molecule has 16 heavy (non-hydrogen) atoms. The molecule has 0 aromatic carbocycles. The van der Waals surface area contributed by atoms with Gasteiger partial charge >= 0.3 is 0 Å². The minimum absolute atomic E-state index is 0.0909. The highest BCUT2D eigenvalue weighted by Gasteiger charge is 2.14. The third-order valence-electron chi connectivity index (χ3n) is 2.66. The number of thioether (sulfide) groups is 1. The molecule has 0 bridgehead atoms. The van der Waals surface area contributed by atoms with E-state index in [9.17, 15) is 4.79 Å². The molecule has 1 rings (SSSR count). The average molecular weight is 240 g/mol. The lowest BCUT2D eigenvalue weighted by atomic mass is 10.2. The van der Waals surface area contributed by atoms with E-state index in [1.165, 1.54) is 25.7 Å². The first-order chi connectivity index (χ1) is 7.83. The summed E-state index contributed by atoms with van der Waals surface area (Å²) < 4.78 is 0. The Balaban J connectivity index is 1.92. The highest BCUT2D eigenvalue weighted by molar-refractivity contribution is 7.99. The molecule has 1 aliphatic rings. The van der Waals surface area contributed by atoms with Crippen molar-refractivity contribution in [2.24, 2.45) is 0 Å². The van der Waals surface area contributed by atoms with Gasteiger partial charge in [-0.05, 0) is 12.8 Å². The lowest BCUT2D eigenvalue weighted by Gasteiger charge is -2.11. The van der Waals surface area contributed by atoms with E-state index < -0.39 is 0 Å². The molecule has 0 aromatic rings. The van der Waals surface area contributed by atoms with Crippen LogP contribution in [0.2, 0.25) is 0 Å². The van der Waals surface area contributed by atoms with E-state index in [1.807, 2.05) is 0 Å². The predicted octanol–water partition coefficient (Wildman–Crippen LogP) is 1.00. The zero-order chi connectivity index (χ0) is 11.6. The molecule has 0 heterocycles. The van der Waals surface area contributed by atoms with Crippen LogP contribution in [0.3, 0.4) is 0 Å². The lowest BCUT2D eigenvalue weighted by molar-refractivity contribution is -0.120. The van der Waals surface area contributed by atoms with Crippen molar-refractivity contribution in [3.63, 3.8) is 0 Å². The number of rotatable bonds is 7. The molecule has 0 radical (unpaired) electrons. The lowest BCUT2D eigenvalue weighted by Crippen LogP contribution is -2.38. The number of carbonyl (C=O) groups is 1. The summed E-state index contributed by atoms with van der Waals surface area (Å²) >= 11 is 1.67. The number of hydrogen-bond donors (Lipinski definition) is 2. The number of amides is 1. The molecule has 0 aliphatic heterocycles. The minimum Gasteiger partial charge on any atom is -0.354 e. The van der Waals surface area contributed by atoms with Gasteiger partial charge in [-0.3, -0.25) is 4.79 Å². The Morgan fingerprint density at radius 1 is 1.44 bits per heavy atom. The molecule has 1 fully saturated rings. The summed E-state index contributed by atoms with van der Waals surface area (Å²) in [5, 5.41) is 6.16. The standard InChI is InChI=1S/C12H20N2OS/c1-2-8-16-9-7-13-12(15)10-14-11-5-3-4-6-11/h1,11,14H,3-10H2,(H,13,15). The maximum atomic E-state index is 11.4. The Bertz CT molecular complexity index is 244. The fraction of sp³-hybridized carbons (Fsp3) is 0.750. The fourth-order valence-corrected chi connectivity index (χ4v) is 2.33. The van der Waals surface area contributed by atoms with Gasteiger partial charge in [0.05, 0.1) is 12.3 Å². The van der Waals surface area contributed by atoms with Gasteiger partial charge in [-0.25, -0.2) is 0 Å². The zero-order valence-electron chi connectivity index (χ0n) is 9.63. The molecular formula is C12H20N2OS. The number of terminal acetylenes is 1. The number of hydrogen-bond acceptors (Lipinski definition) is 3. The van der Waals surface area contributed by atoms with Gasteiger partial charge in [0.15, 0.2) is 0 Å². The summed E-state index contributed by atoms with van der Waals surface area (Å²) in [5.74, 6) is 4.25. The largest absolute Gasteiger partial charge is 0.354 e. The Morgan fingerprint density at radius 2 is 2.19 bits per heavy atom. The van der Waals surface area contributed by atoms with Crippen molar-refractivity contribution in [2.45, 2.75) is 31.7 Å². The summed E-state index contributed by atoms with van der Waals surface area (Å²) in [7, 11) is 0. The number of carbonyl (C=O) groups excluding carboxylic acids is 1. The van der Waals surface area contributed by atoms with Gasteiger partial charge in [0.25, 0.3) is 0 Å². The Kier molecular flexibility index (Phi) is 7.11. The second-order valence-electron chi connectivity index (χ2n) is 3.97. The van der Waals surface area contributed by atoms with Crippen molar-refractivity contribution >= 4 is 17.7 Å². The Labute approximate surface area is 102 Å². The summed E-state index contributed by atoms with van der Waals surface area (Å²) in [4.78, 5) is 11.4. The zero-order valence-corrected chi connectivity index (χ0v) is 10.4. The molecule has 1 aliphatic carbocycles. The Morgan fingerprint density at radius 3 is 2.88 bits per heavy atom. The molecule has 4 heteroatoms. The maximum Gasteiger partial charge on any atom is 0.233 e. The molecule has 90 valence electrons. The molecule has 0 unspecified atom stereocenters. The minimum atomic E-state index is 0.0909. The van der Waals surface area contributed by atoms with Crippen LogP contribution < -0.4 is 10.6 Å². The smallest absolute Gasteiger partial charge is 0.233 e. The highest BCUT2D eigenvalue weighted by Crippen LogP contribution is 2.17. The molecule has 2 N–H and O–H groups in total. The van der Waals surface area contributed by atoms with Crippen LogP contribution in [-0.4, -0.2) is 36.5 Å². The van der Waals surface area contributed by atoms with Gasteiger partial charge < -0.3 is 10.6 Å². The summed E-state index contributed by atoms with van der Waals surface area (Å²) in [6.45, 7) is 1.15. The Hall–Kier alpha value is -0.660. The van der Waals surface area contributed by atoms with Crippen LogP contribution in [0.1, 0.15) is 25.7 Å². The molecule has 0 saturated heterocycles. The van der Waals surface area contributed by atoms with Crippen molar-refractivity contribution in [3.8, 4) is 12.3 Å². The number of nitrogens with one attached hydrogen (secondary N) is 2. The van der Waals surface area contributed by atoms with Crippen molar-refractivity contribution in [1.29, 1.82) is 0 Å². The molecular weight excluding hydrogens is 220 g/mol. The summed E-state index contributed by atoms with van der Waals surface area (Å²) in [6.07, 6.45) is 10.1. The van der Waals surface area contributed by atoms with Crippen LogP contribution in [0.25, 0.3) is 0 Å². The molecule has 0 aromatic heterocycles. The van der Waals surface area contributed by atoms with E-state index >= 15 is 0 Å². The second kappa shape index (κ2) is 8.49. The van der Waals surface area contributed by atoms with E-state index in [4.69, 9.17) is 6.42 Å². The van der Waals surface area contributed by atoms with Crippen LogP contribution in [0, 0.1) is 12.3 Å². The predicted molar refractivity (Wildman–Crippen MR) is 69.4 cm³/mol. The van der Waals surface area contributed by atoms with Gasteiger partial charge in [0.1, 0.15) is 0 Å². The van der Waals surface area contributed by atoms with Gasteiger partial charge in [-0.1, -0.05) is 18.8 Å². The fourth-order valence-electron chi connectivity index (χ4n) is 1.82. The van der Waals surface area contributed by atoms with Crippen molar-refractivity contribution < 1.29 is 4.79 Å². The monoisotopic (exact) mass is 240 g/mol. The highest BCUT2D eigenvalue weighted by atomic mass is 32.2. The van der Waals surface area contributed by atoms with Gasteiger partial charge in [-0.15, -0.1) is 18.2 Å². The van der Waals surface area contributed by atoms with Gasteiger partial charge in [0.2, 0.25) is 5.91 Å². The van der Waals surface area contributed by atoms with Gasteiger partial charge in [0, 0.05) is 18.3 Å². The van der Waals surface area contributed by atoms with Gasteiger partial charge in [-0.2, -0.15) is 0 Å². The van der Waals surface area contributed by atoms with Crippen molar-refractivity contribution in [3.05, 3.63) is 0 Å². The first-order valence-corrected chi connectivity index (χ1v) is 6.99. The molecule has 1 saturated carbocycles. The van der Waals surface area contributed by atoms with E-state index in [0.717, 1.165) is 11.5 Å². The summed E-state index contributed by atoms with van der Waals surface area (Å²) in [6, 6.07) is 0.557. The van der Waals surface area contributed by atoms with Crippen LogP contribution in [0.5, 0.6) is 0 Å². The topological polar surface area (TPSA) is 41.1 Å². The third kappa shape index (κ3) is 6.04. The first-order valence-electron chi connectivity index (χ1n) is 5.84. The van der Waals surface area contributed by atoms with Crippen LogP contribution >= 0.6 is 11.8 Å². The van der Waals surface area contributed by atoms with Crippen LogP contribution in [0.4, 0.5) is 0 Å². The van der Waals surface area contributed by atoms with E-state index in [-0.39, 0.29) is 5.91 Å². The van der Waals surface area contributed by atoms with E-state index in [0.29, 0.717) is 19.1 Å². The SMILES string of the molecule is C#CCSCCNC(=O)CNC1CCCC1. The van der Waals surface area contributed by atoms with Crippen molar-refractivity contribution in [1.82, 2.24) is 10.6 Å².